The van der Waals surface area contributed by atoms with Gasteiger partial charge in [0, 0.05) is 17.2 Å². The van der Waals surface area contributed by atoms with Gasteiger partial charge in [-0.3, -0.25) is 4.79 Å². The summed E-state index contributed by atoms with van der Waals surface area (Å²) in [5.41, 5.74) is 0.985. The number of benzene rings is 1. The second-order valence-electron chi connectivity index (χ2n) is 6.36. The fourth-order valence-electron chi connectivity index (χ4n) is 2.07. The van der Waals surface area contributed by atoms with Crippen LogP contribution in [0, 0.1) is 0 Å². The van der Waals surface area contributed by atoms with E-state index in [1.54, 1.807) is 44.7 Å². The van der Waals surface area contributed by atoms with Gasteiger partial charge in [-0.15, -0.1) is 0 Å². The van der Waals surface area contributed by atoms with Crippen LogP contribution in [0.5, 0.6) is 11.5 Å². The number of hydrogen-bond donors (Lipinski definition) is 2. The number of nitrogens with one attached hydrogen (secondary N) is 2. The van der Waals surface area contributed by atoms with Gasteiger partial charge in [0.05, 0.1) is 26.1 Å². The Labute approximate surface area is 142 Å². The summed E-state index contributed by atoms with van der Waals surface area (Å²) >= 11 is 0. The number of hydrogen-bond acceptors (Lipinski definition) is 5. The van der Waals surface area contributed by atoms with Gasteiger partial charge in [-0.25, -0.2) is 4.98 Å². The molecule has 1 amide bonds. The number of methoxy groups -OCH3 is 2. The van der Waals surface area contributed by atoms with Gasteiger partial charge in [0.2, 0.25) is 0 Å². The number of ether oxygens (including phenoxy) is 2. The first-order valence-corrected chi connectivity index (χ1v) is 7.59. The minimum atomic E-state index is -0.259. The van der Waals surface area contributed by atoms with Crippen LogP contribution >= 0.6 is 0 Å². The quantitative estimate of drug-likeness (QED) is 0.877. The summed E-state index contributed by atoms with van der Waals surface area (Å²) in [6, 6.07) is 8.65. The summed E-state index contributed by atoms with van der Waals surface area (Å²) in [4.78, 5) is 16.7. The third kappa shape index (κ3) is 4.87. The molecule has 6 nitrogen and oxygen atoms in total. The third-order valence-corrected chi connectivity index (χ3v) is 3.14. The highest BCUT2D eigenvalue weighted by Crippen LogP contribution is 2.23. The van der Waals surface area contributed by atoms with E-state index in [0.29, 0.717) is 22.7 Å². The van der Waals surface area contributed by atoms with E-state index in [1.807, 2.05) is 6.07 Å². The van der Waals surface area contributed by atoms with Crippen molar-refractivity contribution in [1.29, 1.82) is 0 Å². The summed E-state index contributed by atoms with van der Waals surface area (Å²) < 4.78 is 10.4. The van der Waals surface area contributed by atoms with Crippen LogP contribution in [0.3, 0.4) is 0 Å². The molecular weight excluding hydrogens is 306 g/mol. The first-order valence-electron chi connectivity index (χ1n) is 7.59. The van der Waals surface area contributed by atoms with Crippen molar-refractivity contribution in [2.45, 2.75) is 26.3 Å². The van der Waals surface area contributed by atoms with Crippen LogP contribution in [0.1, 0.15) is 31.1 Å². The van der Waals surface area contributed by atoms with Crippen molar-refractivity contribution in [3.8, 4) is 11.5 Å². The van der Waals surface area contributed by atoms with Gasteiger partial charge >= 0.3 is 0 Å². The largest absolute Gasteiger partial charge is 0.497 e. The molecule has 0 radical (unpaired) electrons. The van der Waals surface area contributed by atoms with Crippen LogP contribution in [0.25, 0.3) is 0 Å². The topological polar surface area (TPSA) is 72.5 Å². The van der Waals surface area contributed by atoms with Crippen molar-refractivity contribution in [2.24, 2.45) is 0 Å². The molecule has 1 aromatic carbocycles. The molecule has 2 N–H and O–H groups in total. The molecule has 2 aromatic rings. The van der Waals surface area contributed by atoms with E-state index in [-0.39, 0.29) is 11.4 Å². The van der Waals surface area contributed by atoms with E-state index in [0.717, 1.165) is 5.82 Å². The van der Waals surface area contributed by atoms with Crippen molar-refractivity contribution >= 4 is 17.4 Å². The normalized spacial score (nSPS) is 10.9. The first-order chi connectivity index (χ1) is 11.3. The molecule has 128 valence electrons. The Bertz CT molecular complexity index is 684. The van der Waals surface area contributed by atoms with Crippen molar-refractivity contribution in [1.82, 2.24) is 4.98 Å². The third-order valence-electron chi connectivity index (χ3n) is 3.14. The fourth-order valence-corrected chi connectivity index (χ4v) is 2.07. The van der Waals surface area contributed by atoms with Gasteiger partial charge < -0.3 is 20.1 Å². The van der Waals surface area contributed by atoms with Crippen LogP contribution in [0.4, 0.5) is 11.5 Å². The molecule has 0 unspecified atom stereocenters. The monoisotopic (exact) mass is 329 g/mol. The molecule has 0 aliphatic rings. The Kier molecular flexibility index (Phi) is 5.28. The second kappa shape index (κ2) is 7.21. The Morgan fingerprint density at radius 1 is 1.04 bits per heavy atom. The second-order valence-corrected chi connectivity index (χ2v) is 6.36. The number of aromatic nitrogens is 1. The van der Waals surface area contributed by atoms with Gasteiger partial charge in [0.1, 0.15) is 17.3 Å². The summed E-state index contributed by atoms with van der Waals surface area (Å²) in [6.07, 6.45) is 1.61. The summed E-state index contributed by atoms with van der Waals surface area (Å²) in [5.74, 6) is 1.61. The first kappa shape index (κ1) is 17.6. The minimum Gasteiger partial charge on any atom is -0.497 e. The number of rotatable bonds is 5. The smallest absolute Gasteiger partial charge is 0.255 e. The average Bonchev–Trinajstić information content (AvgIpc) is 2.54. The summed E-state index contributed by atoms with van der Waals surface area (Å²) in [7, 11) is 3.09. The SMILES string of the molecule is COc1cc(OC)cc(C(=O)Nc2ccc(NC(C)(C)C)nc2)c1. The molecule has 0 saturated carbocycles. The van der Waals surface area contributed by atoms with E-state index in [1.165, 1.54) is 0 Å². The van der Waals surface area contributed by atoms with Gasteiger partial charge in [0.25, 0.3) is 5.91 Å². The molecule has 0 spiro atoms. The molecule has 2 rings (SSSR count). The lowest BCUT2D eigenvalue weighted by Crippen LogP contribution is -2.26. The average molecular weight is 329 g/mol. The number of anilines is 2. The zero-order chi connectivity index (χ0) is 17.7. The van der Waals surface area contributed by atoms with E-state index in [2.05, 4.69) is 36.4 Å². The number of pyridine rings is 1. The Morgan fingerprint density at radius 2 is 1.67 bits per heavy atom. The van der Waals surface area contributed by atoms with Crippen LogP contribution in [0.15, 0.2) is 36.5 Å². The number of carbonyl (C=O) groups excluding carboxylic acids is 1. The summed E-state index contributed by atoms with van der Waals surface area (Å²) in [5, 5.41) is 6.08. The van der Waals surface area contributed by atoms with Crippen LogP contribution < -0.4 is 20.1 Å². The predicted molar refractivity (Wildman–Crippen MR) is 95.1 cm³/mol. The number of amides is 1. The molecule has 0 aliphatic carbocycles. The molecule has 24 heavy (non-hydrogen) atoms. The molecule has 0 saturated heterocycles. The number of nitrogens with zero attached hydrogens (tertiary/aromatic N) is 1. The highest BCUT2D eigenvalue weighted by molar-refractivity contribution is 6.04. The maximum absolute atomic E-state index is 12.4. The Hall–Kier alpha value is -2.76. The lowest BCUT2D eigenvalue weighted by Gasteiger charge is -2.21. The summed E-state index contributed by atoms with van der Waals surface area (Å²) in [6.45, 7) is 6.17. The Morgan fingerprint density at radius 3 is 2.12 bits per heavy atom. The van der Waals surface area contributed by atoms with Crippen molar-refractivity contribution in [3.05, 3.63) is 42.1 Å². The van der Waals surface area contributed by atoms with E-state index in [4.69, 9.17) is 9.47 Å². The van der Waals surface area contributed by atoms with Crippen LogP contribution in [0.2, 0.25) is 0 Å². The van der Waals surface area contributed by atoms with Gasteiger partial charge in [-0.1, -0.05) is 0 Å². The molecule has 0 atom stereocenters. The van der Waals surface area contributed by atoms with E-state index in [9.17, 15) is 4.79 Å². The van der Waals surface area contributed by atoms with Crippen molar-refractivity contribution in [3.63, 3.8) is 0 Å². The minimum absolute atomic E-state index is 0.0745. The lowest BCUT2D eigenvalue weighted by molar-refractivity contribution is 0.102. The maximum Gasteiger partial charge on any atom is 0.255 e. The molecule has 0 fully saturated rings. The van der Waals surface area contributed by atoms with Crippen LogP contribution in [-0.2, 0) is 0 Å². The van der Waals surface area contributed by atoms with Crippen molar-refractivity contribution in [2.75, 3.05) is 24.9 Å². The molecule has 6 heteroatoms. The Balaban J connectivity index is 2.12. The fraction of sp³-hybridized carbons (Fsp3) is 0.333. The van der Waals surface area contributed by atoms with E-state index < -0.39 is 0 Å². The molecule has 1 heterocycles. The van der Waals surface area contributed by atoms with Gasteiger partial charge in [-0.05, 0) is 45.0 Å². The standard InChI is InChI=1S/C18H23N3O3/c1-18(2,3)21-16-7-6-13(11-19-16)20-17(22)12-8-14(23-4)10-15(9-12)24-5/h6-11H,1-5H3,(H,19,21)(H,20,22). The van der Waals surface area contributed by atoms with E-state index >= 15 is 0 Å². The highest BCUT2D eigenvalue weighted by atomic mass is 16.5. The predicted octanol–water partition coefficient (Wildman–Crippen LogP) is 3.56. The maximum atomic E-state index is 12.4. The molecular formula is C18H23N3O3. The number of carbonyl (C=O) groups is 1. The zero-order valence-electron chi connectivity index (χ0n) is 14.6. The van der Waals surface area contributed by atoms with Gasteiger partial charge in [-0.2, -0.15) is 0 Å². The zero-order valence-corrected chi connectivity index (χ0v) is 14.6. The van der Waals surface area contributed by atoms with Crippen LogP contribution in [-0.4, -0.2) is 30.6 Å². The van der Waals surface area contributed by atoms with Crippen molar-refractivity contribution < 1.29 is 14.3 Å². The molecule has 1 aromatic heterocycles. The lowest BCUT2D eigenvalue weighted by atomic mass is 10.1. The molecule has 0 bridgehead atoms. The van der Waals surface area contributed by atoms with Gasteiger partial charge in [0.15, 0.2) is 0 Å². The molecule has 0 aliphatic heterocycles. The highest BCUT2D eigenvalue weighted by Gasteiger charge is 2.12.